The molecule has 2 heterocycles. The molecule has 120 valence electrons. The van der Waals surface area contributed by atoms with E-state index in [4.69, 9.17) is 0 Å². The number of aromatic amines is 1. The molecule has 3 rings (SSSR count). The number of amides is 1. The molecule has 0 spiro atoms. The van der Waals surface area contributed by atoms with E-state index in [1.54, 1.807) is 11.3 Å². The number of hydrogen-bond donors (Lipinski definition) is 2. The molecule has 1 amide bonds. The van der Waals surface area contributed by atoms with Gasteiger partial charge in [-0.1, -0.05) is 19.1 Å². The Bertz CT molecular complexity index is 788. The number of nitrogens with one attached hydrogen (secondary N) is 2. The second-order valence-corrected chi connectivity index (χ2v) is 6.72. The molecule has 0 unspecified atom stereocenters. The predicted molar refractivity (Wildman–Crippen MR) is 92.5 cm³/mol. The van der Waals surface area contributed by atoms with Crippen molar-refractivity contribution in [3.8, 4) is 0 Å². The van der Waals surface area contributed by atoms with Gasteiger partial charge < -0.3 is 10.3 Å². The van der Waals surface area contributed by atoms with Gasteiger partial charge in [0.15, 0.2) is 0 Å². The third-order valence-corrected chi connectivity index (χ3v) is 4.71. The fraction of sp³-hybridized carbons (Fsp3) is 0.353. The molecular weight excluding hydrogens is 308 g/mol. The van der Waals surface area contributed by atoms with Crippen LogP contribution in [-0.4, -0.2) is 20.9 Å². The van der Waals surface area contributed by atoms with Crippen LogP contribution in [0.4, 0.5) is 0 Å². The highest BCUT2D eigenvalue weighted by Gasteiger charge is 2.10. The smallest absolute Gasteiger partial charge is 0.220 e. The molecule has 0 bridgehead atoms. The Morgan fingerprint density at radius 3 is 2.91 bits per heavy atom. The topological polar surface area (TPSA) is 70.7 Å². The Hall–Kier alpha value is -2.21. The van der Waals surface area contributed by atoms with Crippen LogP contribution >= 0.6 is 11.3 Å². The monoisotopic (exact) mass is 328 g/mol. The van der Waals surface area contributed by atoms with Crippen LogP contribution in [0.1, 0.15) is 34.7 Å². The van der Waals surface area contributed by atoms with Crippen LogP contribution in [0.5, 0.6) is 0 Å². The van der Waals surface area contributed by atoms with Crippen molar-refractivity contribution in [2.45, 2.75) is 39.7 Å². The third kappa shape index (κ3) is 3.76. The van der Waals surface area contributed by atoms with Gasteiger partial charge in [-0.05, 0) is 25.5 Å². The van der Waals surface area contributed by atoms with E-state index in [1.807, 2.05) is 31.2 Å². The molecule has 1 aromatic carbocycles. The molecule has 0 saturated heterocycles. The Morgan fingerprint density at radius 2 is 2.13 bits per heavy atom. The lowest BCUT2D eigenvalue weighted by Gasteiger charge is -2.04. The second kappa shape index (κ2) is 6.91. The highest BCUT2D eigenvalue weighted by Crippen LogP contribution is 2.18. The first-order chi connectivity index (χ1) is 11.2. The van der Waals surface area contributed by atoms with Crippen molar-refractivity contribution in [3.05, 3.63) is 45.7 Å². The number of fused-ring (bicyclic) bond motifs is 1. The molecular formula is C17H20N4OS. The molecule has 3 aromatic rings. The molecule has 0 saturated carbocycles. The molecule has 2 N–H and O–H groups in total. The zero-order valence-electron chi connectivity index (χ0n) is 13.3. The highest BCUT2D eigenvalue weighted by molar-refractivity contribution is 7.11. The highest BCUT2D eigenvalue weighted by atomic mass is 32.1. The van der Waals surface area contributed by atoms with Gasteiger partial charge in [0, 0.05) is 17.7 Å². The molecule has 0 aliphatic heterocycles. The molecule has 0 aliphatic rings. The van der Waals surface area contributed by atoms with Crippen molar-refractivity contribution in [2.75, 3.05) is 0 Å². The number of aryl methyl sites for hydroxylation is 3. The molecule has 5 nitrogen and oxygen atoms in total. The summed E-state index contributed by atoms with van der Waals surface area (Å²) >= 11 is 1.65. The largest absolute Gasteiger partial charge is 0.351 e. The number of para-hydroxylation sites is 2. The number of aromatic nitrogens is 3. The van der Waals surface area contributed by atoms with Gasteiger partial charge in [-0.25, -0.2) is 9.97 Å². The van der Waals surface area contributed by atoms with Crippen molar-refractivity contribution in [1.82, 2.24) is 20.3 Å². The molecule has 6 heteroatoms. The number of imidazole rings is 1. The third-order valence-electron chi connectivity index (χ3n) is 3.69. The van der Waals surface area contributed by atoms with E-state index in [0.29, 0.717) is 19.4 Å². The zero-order valence-corrected chi connectivity index (χ0v) is 14.2. The summed E-state index contributed by atoms with van der Waals surface area (Å²) in [5.41, 5.74) is 3.04. The van der Waals surface area contributed by atoms with Gasteiger partial charge in [-0.15, -0.1) is 11.3 Å². The Kier molecular flexibility index (Phi) is 4.71. The Labute approximate surface area is 139 Å². The van der Waals surface area contributed by atoms with Crippen molar-refractivity contribution in [2.24, 2.45) is 0 Å². The SMILES string of the molecule is CCc1nc(C)sc1CNC(=O)CCc1nc2ccccc2[nH]1. The average molecular weight is 328 g/mol. The quantitative estimate of drug-likeness (QED) is 0.730. The van der Waals surface area contributed by atoms with E-state index in [1.165, 1.54) is 0 Å². The van der Waals surface area contributed by atoms with Gasteiger partial charge in [-0.3, -0.25) is 4.79 Å². The molecule has 0 fully saturated rings. The standard InChI is InChI=1S/C17H20N4OS/c1-3-12-15(23-11(2)19-12)10-18-17(22)9-8-16-20-13-6-4-5-7-14(13)21-16/h4-7H,3,8-10H2,1-2H3,(H,18,22)(H,20,21). The maximum Gasteiger partial charge on any atom is 0.220 e. The van der Waals surface area contributed by atoms with Gasteiger partial charge in [0.25, 0.3) is 0 Å². The Balaban J connectivity index is 1.53. The van der Waals surface area contributed by atoms with E-state index < -0.39 is 0 Å². The summed E-state index contributed by atoms with van der Waals surface area (Å²) in [6.07, 6.45) is 1.94. The first-order valence-corrected chi connectivity index (χ1v) is 8.63. The minimum atomic E-state index is 0.0403. The maximum absolute atomic E-state index is 12.0. The fourth-order valence-corrected chi connectivity index (χ4v) is 3.51. The average Bonchev–Trinajstić information content (AvgIpc) is 3.13. The molecule has 2 aromatic heterocycles. The fourth-order valence-electron chi connectivity index (χ4n) is 2.55. The van der Waals surface area contributed by atoms with Gasteiger partial charge >= 0.3 is 0 Å². The summed E-state index contributed by atoms with van der Waals surface area (Å²) in [6, 6.07) is 7.89. The van der Waals surface area contributed by atoms with Crippen LogP contribution < -0.4 is 5.32 Å². The normalized spacial score (nSPS) is 11.0. The summed E-state index contributed by atoms with van der Waals surface area (Å²) < 4.78 is 0. The lowest BCUT2D eigenvalue weighted by atomic mass is 10.2. The summed E-state index contributed by atoms with van der Waals surface area (Å²) in [7, 11) is 0. The van der Waals surface area contributed by atoms with Crippen molar-refractivity contribution in [1.29, 1.82) is 0 Å². The van der Waals surface area contributed by atoms with Crippen molar-refractivity contribution in [3.63, 3.8) is 0 Å². The van der Waals surface area contributed by atoms with Crippen LogP contribution in [-0.2, 0) is 24.2 Å². The number of carbonyl (C=O) groups excluding carboxylic acids is 1. The van der Waals surface area contributed by atoms with E-state index >= 15 is 0 Å². The maximum atomic E-state index is 12.0. The first-order valence-electron chi connectivity index (χ1n) is 7.81. The van der Waals surface area contributed by atoms with Crippen LogP contribution in [0.15, 0.2) is 24.3 Å². The summed E-state index contributed by atoms with van der Waals surface area (Å²) in [6.45, 7) is 4.64. The number of rotatable bonds is 6. The van der Waals surface area contributed by atoms with E-state index in [-0.39, 0.29) is 5.91 Å². The van der Waals surface area contributed by atoms with Crippen LogP contribution in [0.25, 0.3) is 11.0 Å². The number of benzene rings is 1. The van der Waals surface area contributed by atoms with Crippen LogP contribution in [0, 0.1) is 6.92 Å². The van der Waals surface area contributed by atoms with E-state index in [9.17, 15) is 4.79 Å². The number of nitrogens with zero attached hydrogens (tertiary/aromatic N) is 2. The molecule has 0 atom stereocenters. The molecule has 0 aliphatic carbocycles. The lowest BCUT2D eigenvalue weighted by molar-refractivity contribution is -0.121. The molecule has 23 heavy (non-hydrogen) atoms. The summed E-state index contributed by atoms with van der Waals surface area (Å²) in [5, 5.41) is 4.03. The minimum Gasteiger partial charge on any atom is -0.351 e. The van der Waals surface area contributed by atoms with E-state index in [0.717, 1.165) is 38.9 Å². The Morgan fingerprint density at radius 1 is 1.30 bits per heavy atom. The van der Waals surface area contributed by atoms with E-state index in [2.05, 4.69) is 27.2 Å². The summed E-state index contributed by atoms with van der Waals surface area (Å²) in [4.78, 5) is 25.4. The van der Waals surface area contributed by atoms with Gasteiger partial charge in [0.05, 0.1) is 28.3 Å². The van der Waals surface area contributed by atoms with Gasteiger partial charge in [0.1, 0.15) is 5.82 Å². The minimum absolute atomic E-state index is 0.0403. The van der Waals surface area contributed by atoms with Gasteiger partial charge in [0.2, 0.25) is 5.91 Å². The predicted octanol–water partition coefficient (Wildman–Crippen LogP) is 3.14. The molecule has 0 radical (unpaired) electrons. The second-order valence-electron chi connectivity index (χ2n) is 5.43. The number of carbonyl (C=O) groups is 1. The van der Waals surface area contributed by atoms with Crippen molar-refractivity contribution < 1.29 is 4.79 Å². The lowest BCUT2D eigenvalue weighted by Crippen LogP contribution is -2.23. The van der Waals surface area contributed by atoms with Gasteiger partial charge in [-0.2, -0.15) is 0 Å². The summed E-state index contributed by atoms with van der Waals surface area (Å²) in [5.74, 6) is 0.891. The van der Waals surface area contributed by atoms with Crippen LogP contribution in [0.3, 0.4) is 0 Å². The first kappa shape index (κ1) is 15.7. The van der Waals surface area contributed by atoms with Crippen molar-refractivity contribution >= 4 is 28.3 Å². The number of thiazole rings is 1. The number of hydrogen-bond acceptors (Lipinski definition) is 4. The zero-order chi connectivity index (χ0) is 16.2. The van der Waals surface area contributed by atoms with Crippen LogP contribution in [0.2, 0.25) is 0 Å². The number of H-pyrrole nitrogens is 1.